The molecule has 0 aliphatic carbocycles. The number of aromatic nitrogens is 4. The second-order valence-corrected chi connectivity index (χ2v) is 7.06. The summed E-state index contributed by atoms with van der Waals surface area (Å²) in [5, 5.41) is 12.9. The number of alkyl halides is 3. The van der Waals surface area contributed by atoms with Gasteiger partial charge in [-0.1, -0.05) is 36.4 Å². The lowest BCUT2D eigenvalue weighted by molar-refractivity contribution is -0.140. The molecule has 7 nitrogen and oxygen atoms in total. The number of hydrogen-bond donors (Lipinski definition) is 1. The third-order valence-corrected chi connectivity index (χ3v) is 5.06. The van der Waals surface area contributed by atoms with Crippen molar-refractivity contribution in [1.82, 2.24) is 19.6 Å². The number of aryl methyl sites for hydroxylation is 1. The molecule has 0 aliphatic heterocycles. The molecule has 0 radical (unpaired) electrons. The van der Waals surface area contributed by atoms with E-state index >= 15 is 0 Å². The highest BCUT2D eigenvalue weighted by atomic mass is 19.4. The van der Waals surface area contributed by atoms with Crippen molar-refractivity contribution in [1.29, 1.82) is 5.26 Å². The van der Waals surface area contributed by atoms with Gasteiger partial charge in [0, 0.05) is 5.69 Å². The Morgan fingerprint density at radius 2 is 1.84 bits per heavy atom. The van der Waals surface area contributed by atoms with Crippen LogP contribution in [0.5, 0.6) is 0 Å². The first kappa shape index (κ1) is 19.6. The molecule has 10 heteroatoms. The molecule has 0 atom stereocenters. The van der Waals surface area contributed by atoms with Gasteiger partial charge < -0.3 is 9.40 Å². The standard InChI is InChI=1S/C22H12F3N5O2/c1-11-15(20-28-17-13(10-26)8-5-9-14(17)32-20)21(31)30-19(27-11)16(12-6-3-2-4-7-12)18(29-30)22(23,24)25/h2-9,27H,1H3. The molecule has 0 amide bonds. The number of rotatable bonds is 2. The van der Waals surface area contributed by atoms with Crippen LogP contribution >= 0.6 is 0 Å². The van der Waals surface area contributed by atoms with Crippen LogP contribution in [0.3, 0.4) is 0 Å². The number of aromatic amines is 1. The van der Waals surface area contributed by atoms with Gasteiger partial charge in [-0.05, 0) is 24.6 Å². The molecule has 0 bridgehead atoms. The van der Waals surface area contributed by atoms with Gasteiger partial charge >= 0.3 is 6.18 Å². The number of para-hydroxylation sites is 1. The Bertz CT molecular complexity index is 1600. The molecular weight excluding hydrogens is 423 g/mol. The van der Waals surface area contributed by atoms with Crippen LogP contribution in [-0.2, 0) is 6.18 Å². The van der Waals surface area contributed by atoms with Crippen LogP contribution in [0.15, 0.2) is 57.7 Å². The van der Waals surface area contributed by atoms with E-state index in [0.717, 1.165) is 0 Å². The van der Waals surface area contributed by atoms with Crippen molar-refractivity contribution in [2.24, 2.45) is 0 Å². The number of oxazole rings is 1. The van der Waals surface area contributed by atoms with Crippen molar-refractivity contribution in [3.05, 3.63) is 75.8 Å². The van der Waals surface area contributed by atoms with Crippen molar-refractivity contribution >= 4 is 16.7 Å². The Morgan fingerprint density at radius 3 is 2.53 bits per heavy atom. The average molecular weight is 435 g/mol. The molecule has 0 saturated carbocycles. The van der Waals surface area contributed by atoms with Crippen LogP contribution < -0.4 is 5.56 Å². The van der Waals surface area contributed by atoms with E-state index in [4.69, 9.17) is 4.42 Å². The second-order valence-electron chi connectivity index (χ2n) is 7.06. The van der Waals surface area contributed by atoms with E-state index in [1.807, 2.05) is 6.07 Å². The predicted molar refractivity (Wildman–Crippen MR) is 109 cm³/mol. The highest BCUT2D eigenvalue weighted by Crippen LogP contribution is 2.38. The van der Waals surface area contributed by atoms with Crippen LogP contribution in [0.2, 0.25) is 0 Å². The number of hydrogen-bond acceptors (Lipinski definition) is 5. The van der Waals surface area contributed by atoms with E-state index in [1.165, 1.54) is 19.1 Å². The van der Waals surface area contributed by atoms with Crippen LogP contribution in [0, 0.1) is 18.3 Å². The lowest BCUT2D eigenvalue weighted by Crippen LogP contribution is -2.20. The maximum atomic E-state index is 13.8. The first-order valence-electron chi connectivity index (χ1n) is 9.38. The van der Waals surface area contributed by atoms with Gasteiger partial charge in [-0.25, -0.2) is 4.98 Å². The first-order valence-corrected chi connectivity index (χ1v) is 9.38. The third kappa shape index (κ3) is 2.86. The van der Waals surface area contributed by atoms with Crippen molar-refractivity contribution < 1.29 is 17.6 Å². The fourth-order valence-electron chi connectivity index (χ4n) is 3.66. The SMILES string of the molecule is Cc1[nH]c2c(-c3ccccc3)c(C(F)(F)F)nn2c(=O)c1-c1nc2c(C#N)cccc2o1. The molecule has 32 heavy (non-hydrogen) atoms. The molecule has 5 aromatic rings. The van der Waals surface area contributed by atoms with Gasteiger partial charge in [0.1, 0.15) is 22.8 Å². The molecule has 0 aliphatic rings. The van der Waals surface area contributed by atoms with Gasteiger partial charge in [-0.3, -0.25) is 4.79 Å². The Morgan fingerprint density at radius 1 is 1.09 bits per heavy atom. The Hall–Kier alpha value is -4.39. The number of halogens is 3. The Balaban J connectivity index is 1.84. The molecule has 1 N–H and O–H groups in total. The minimum absolute atomic E-state index is 0.0755. The lowest BCUT2D eigenvalue weighted by atomic mass is 10.1. The number of nitriles is 1. The summed E-state index contributed by atoms with van der Waals surface area (Å²) < 4.78 is 47.7. The fourth-order valence-corrected chi connectivity index (χ4v) is 3.66. The zero-order valence-corrected chi connectivity index (χ0v) is 16.4. The third-order valence-electron chi connectivity index (χ3n) is 5.06. The Kier molecular flexibility index (Phi) is 4.17. The zero-order valence-electron chi connectivity index (χ0n) is 16.4. The van der Waals surface area contributed by atoms with Gasteiger partial charge in [0.2, 0.25) is 5.89 Å². The molecule has 3 aromatic heterocycles. The number of nitrogens with zero attached hydrogens (tertiary/aromatic N) is 4. The molecule has 0 unspecified atom stereocenters. The van der Waals surface area contributed by atoms with E-state index in [2.05, 4.69) is 15.1 Å². The van der Waals surface area contributed by atoms with Gasteiger partial charge in [0.25, 0.3) is 5.56 Å². The van der Waals surface area contributed by atoms with Crippen LogP contribution in [-0.4, -0.2) is 19.6 Å². The molecule has 158 valence electrons. The van der Waals surface area contributed by atoms with E-state index < -0.39 is 17.4 Å². The van der Waals surface area contributed by atoms with E-state index in [-0.39, 0.29) is 50.6 Å². The molecule has 2 aromatic carbocycles. The first-order chi connectivity index (χ1) is 15.3. The Labute approximate surface area is 177 Å². The summed E-state index contributed by atoms with van der Waals surface area (Å²) in [6.45, 7) is 1.53. The minimum Gasteiger partial charge on any atom is -0.436 e. The molecule has 0 spiro atoms. The number of H-pyrrole nitrogens is 1. The van der Waals surface area contributed by atoms with E-state index in [0.29, 0.717) is 4.52 Å². The monoisotopic (exact) mass is 435 g/mol. The van der Waals surface area contributed by atoms with Crippen molar-refractivity contribution in [3.63, 3.8) is 0 Å². The second kappa shape index (κ2) is 6.81. The largest absolute Gasteiger partial charge is 0.436 e. The average Bonchev–Trinajstić information content (AvgIpc) is 3.36. The lowest BCUT2D eigenvalue weighted by Gasteiger charge is -2.07. The number of nitrogens with one attached hydrogen (secondary N) is 1. The highest BCUT2D eigenvalue weighted by molar-refractivity contribution is 5.83. The summed E-state index contributed by atoms with van der Waals surface area (Å²) in [5.41, 5.74) is -1.11. The van der Waals surface area contributed by atoms with Gasteiger partial charge in [-0.15, -0.1) is 0 Å². The summed E-state index contributed by atoms with van der Waals surface area (Å²) in [6, 6.07) is 14.6. The molecule has 0 saturated heterocycles. The minimum atomic E-state index is -4.79. The van der Waals surface area contributed by atoms with Crippen LogP contribution in [0.1, 0.15) is 17.0 Å². The molecule has 0 fully saturated rings. The quantitative estimate of drug-likeness (QED) is 0.433. The summed E-state index contributed by atoms with van der Waals surface area (Å²) in [5.74, 6) is -0.117. The van der Waals surface area contributed by atoms with Crippen LogP contribution in [0.4, 0.5) is 13.2 Å². The maximum Gasteiger partial charge on any atom is 0.435 e. The summed E-state index contributed by atoms with van der Waals surface area (Å²) in [7, 11) is 0. The van der Waals surface area contributed by atoms with E-state index in [9.17, 15) is 23.2 Å². The highest BCUT2D eigenvalue weighted by Gasteiger charge is 2.39. The zero-order chi connectivity index (χ0) is 22.6. The van der Waals surface area contributed by atoms with Crippen molar-refractivity contribution in [3.8, 4) is 28.7 Å². The van der Waals surface area contributed by atoms with Crippen LogP contribution in [0.25, 0.3) is 39.3 Å². The summed E-state index contributed by atoms with van der Waals surface area (Å²) in [6.07, 6.45) is -4.79. The predicted octanol–water partition coefficient (Wildman–Crippen LogP) is 4.70. The smallest absolute Gasteiger partial charge is 0.435 e. The normalized spacial score (nSPS) is 11.8. The fraction of sp³-hybridized carbons (Fsp3) is 0.0909. The van der Waals surface area contributed by atoms with Crippen molar-refractivity contribution in [2.75, 3.05) is 0 Å². The number of fused-ring (bicyclic) bond motifs is 2. The number of benzene rings is 2. The molecular formula is C22H12F3N5O2. The van der Waals surface area contributed by atoms with Gasteiger partial charge in [0.15, 0.2) is 11.3 Å². The molecule has 3 heterocycles. The maximum absolute atomic E-state index is 13.8. The molecule has 5 rings (SSSR count). The summed E-state index contributed by atoms with van der Waals surface area (Å²) >= 11 is 0. The van der Waals surface area contributed by atoms with Gasteiger partial charge in [0.05, 0.1) is 11.1 Å². The topological polar surface area (TPSA) is 100.0 Å². The summed E-state index contributed by atoms with van der Waals surface area (Å²) in [4.78, 5) is 20.4. The van der Waals surface area contributed by atoms with Crippen molar-refractivity contribution in [2.45, 2.75) is 13.1 Å². The van der Waals surface area contributed by atoms with Gasteiger partial charge in [-0.2, -0.15) is 28.0 Å². The van der Waals surface area contributed by atoms with E-state index in [1.54, 1.807) is 36.4 Å².